The molecule has 0 radical (unpaired) electrons. The monoisotopic (exact) mass is 342 g/mol. The molecule has 2 fully saturated rings. The molecule has 4 rings (SSSR count). The summed E-state index contributed by atoms with van der Waals surface area (Å²) >= 11 is 0. The van der Waals surface area contributed by atoms with E-state index in [-0.39, 0.29) is 12.2 Å². The molecule has 25 heavy (non-hydrogen) atoms. The second kappa shape index (κ2) is 7.23. The van der Waals surface area contributed by atoms with Crippen LogP contribution in [-0.4, -0.2) is 50.3 Å². The van der Waals surface area contributed by atoms with E-state index in [9.17, 15) is 5.11 Å². The summed E-state index contributed by atoms with van der Waals surface area (Å²) in [7, 11) is 0. The first-order chi connectivity index (χ1) is 12.3. The van der Waals surface area contributed by atoms with Gasteiger partial charge in [0.05, 0.1) is 24.4 Å². The quantitative estimate of drug-likeness (QED) is 0.922. The number of aliphatic hydroxyl groups excluding tert-OH is 1. The number of nitrogens with zero attached hydrogens (tertiary/aromatic N) is 4. The van der Waals surface area contributed by atoms with Gasteiger partial charge in [0.2, 0.25) is 0 Å². The van der Waals surface area contributed by atoms with Crippen LogP contribution in [0.25, 0.3) is 0 Å². The second-order valence-electron chi connectivity index (χ2n) is 7.29. The van der Waals surface area contributed by atoms with Crippen LogP contribution in [0.15, 0.2) is 36.5 Å². The highest BCUT2D eigenvalue weighted by molar-refractivity contribution is 5.14. The van der Waals surface area contributed by atoms with E-state index >= 15 is 0 Å². The van der Waals surface area contributed by atoms with Crippen LogP contribution < -0.4 is 0 Å². The molecule has 0 amide bonds. The Labute approximate surface area is 148 Å². The van der Waals surface area contributed by atoms with E-state index in [2.05, 4.69) is 45.5 Å². The molecule has 6 heteroatoms. The molecule has 2 saturated heterocycles. The van der Waals surface area contributed by atoms with E-state index in [0.717, 1.165) is 51.9 Å². The van der Waals surface area contributed by atoms with Gasteiger partial charge in [-0.15, -0.1) is 5.10 Å². The maximum absolute atomic E-state index is 9.20. The van der Waals surface area contributed by atoms with E-state index in [1.165, 1.54) is 5.56 Å². The molecule has 134 valence electrons. The summed E-state index contributed by atoms with van der Waals surface area (Å²) in [5.41, 5.74) is 1.99. The fourth-order valence-corrected chi connectivity index (χ4v) is 4.10. The van der Waals surface area contributed by atoms with Crippen LogP contribution in [0.1, 0.15) is 43.0 Å². The molecule has 2 aliphatic rings. The van der Waals surface area contributed by atoms with Crippen molar-refractivity contribution in [1.29, 1.82) is 0 Å². The molecular weight excluding hydrogens is 316 g/mol. The van der Waals surface area contributed by atoms with Crippen LogP contribution in [0, 0.1) is 0 Å². The summed E-state index contributed by atoms with van der Waals surface area (Å²) in [6, 6.07) is 11.0. The molecule has 0 aliphatic carbocycles. The summed E-state index contributed by atoms with van der Waals surface area (Å²) in [4.78, 5) is 2.52. The summed E-state index contributed by atoms with van der Waals surface area (Å²) in [6.07, 6.45) is 5.95. The lowest BCUT2D eigenvalue weighted by molar-refractivity contribution is -0.126. The van der Waals surface area contributed by atoms with Gasteiger partial charge in [0.25, 0.3) is 0 Å². The van der Waals surface area contributed by atoms with E-state index in [0.29, 0.717) is 11.7 Å². The van der Waals surface area contributed by atoms with E-state index in [1.54, 1.807) is 0 Å². The van der Waals surface area contributed by atoms with Crippen molar-refractivity contribution in [2.24, 2.45) is 0 Å². The predicted molar refractivity (Wildman–Crippen MR) is 93.9 cm³/mol. The fourth-order valence-electron chi connectivity index (χ4n) is 4.10. The third kappa shape index (κ3) is 3.76. The Bertz CT molecular complexity index is 680. The maximum Gasteiger partial charge on any atom is 0.108 e. The first-order valence-corrected chi connectivity index (χ1v) is 9.18. The molecule has 1 aromatic carbocycles. The Kier molecular flexibility index (Phi) is 4.83. The largest absolute Gasteiger partial charge is 0.390 e. The average Bonchev–Trinajstić information content (AvgIpc) is 3.14. The molecule has 1 aromatic heterocycles. The Balaban J connectivity index is 1.36. The van der Waals surface area contributed by atoms with Crippen LogP contribution in [0.4, 0.5) is 0 Å². The molecule has 6 nitrogen and oxygen atoms in total. The lowest BCUT2D eigenvalue weighted by Crippen LogP contribution is -2.49. The van der Waals surface area contributed by atoms with Gasteiger partial charge in [-0.25, -0.2) is 4.68 Å². The zero-order valence-electron chi connectivity index (χ0n) is 14.5. The van der Waals surface area contributed by atoms with Gasteiger partial charge in [0.15, 0.2) is 0 Å². The van der Waals surface area contributed by atoms with Gasteiger partial charge in [-0.3, -0.25) is 4.90 Å². The van der Waals surface area contributed by atoms with Crippen LogP contribution in [-0.2, 0) is 17.9 Å². The zero-order valence-corrected chi connectivity index (χ0v) is 14.5. The van der Waals surface area contributed by atoms with Crippen molar-refractivity contribution in [2.45, 2.75) is 50.5 Å². The van der Waals surface area contributed by atoms with Crippen LogP contribution >= 0.6 is 0 Å². The van der Waals surface area contributed by atoms with Crippen molar-refractivity contribution in [3.05, 3.63) is 47.8 Å². The third-order valence-corrected chi connectivity index (χ3v) is 5.58. The minimum absolute atomic E-state index is 0.0264. The van der Waals surface area contributed by atoms with Crippen molar-refractivity contribution in [3.63, 3.8) is 0 Å². The maximum atomic E-state index is 9.20. The van der Waals surface area contributed by atoms with Crippen molar-refractivity contribution >= 4 is 0 Å². The van der Waals surface area contributed by atoms with Crippen molar-refractivity contribution in [3.8, 4) is 0 Å². The van der Waals surface area contributed by atoms with Crippen molar-refractivity contribution < 1.29 is 9.84 Å². The highest BCUT2D eigenvalue weighted by atomic mass is 16.5. The molecule has 2 aliphatic heterocycles. The average molecular weight is 342 g/mol. The summed E-state index contributed by atoms with van der Waals surface area (Å²) < 4.78 is 8.18. The zero-order chi connectivity index (χ0) is 17.1. The van der Waals surface area contributed by atoms with Gasteiger partial charge in [0, 0.05) is 26.2 Å². The molecule has 1 spiro atoms. The number of likely N-dealkylation sites (tertiary alicyclic amines) is 1. The van der Waals surface area contributed by atoms with Gasteiger partial charge in [0.1, 0.15) is 5.69 Å². The van der Waals surface area contributed by atoms with Crippen LogP contribution in [0.3, 0.4) is 0 Å². The normalized spacial score (nSPS) is 23.8. The summed E-state index contributed by atoms with van der Waals surface area (Å²) in [6.45, 7) is 3.88. The smallest absolute Gasteiger partial charge is 0.108 e. The number of benzene rings is 1. The van der Waals surface area contributed by atoms with Gasteiger partial charge in [-0.05, 0) is 31.2 Å². The topological polar surface area (TPSA) is 63.4 Å². The Hall–Kier alpha value is -1.76. The number of aliphatic hydroxyl groups is 1. The number of aromatic nitrogens is 3. The molecular formula is C19H26N4O2. The highest BCUT2D eigenvalue weighted by Crippen LogP contribution is 2.39. The molecule has 0 bridgehead atoms. The molecule has 0 saturated carbocycles. The first-order valence-electron chi connectivity index (χ1n) is 9.18. The number of piperidine rings is 1. The van der Waals surface area contributed by atoms with Crippen molar-refractivity contribution in [1.82, 2.24) is 19.9 Å². The van der Waals surface area contributed by atoms with Gasteiger partial charge in [-0.1, -0.05) is 35.5 Å². The van der Waals surface area contributed by atoms with Gasteiger partial charge in [-0.2, -0.15) is 0 Å². The van der Waals surface area contributed by atoms with Gasteiger partial charge < -0.3 is 9.84 Å². The fraction of sp³-hybridized carbons (Fsp3) is 0.579. The SMILES string of the molecule is OCc1cn(C2CCOC3(CCN(Cc4ccccc4)CC3)C2)nn1. The Morgan fingerprint density at radius 1 is 1.20 bits per heavy atom. The molecule has 1 N–H and O–H groups in total. The standard InChI is InChI=1S/C19H26N4O2/c24-15-17-14-23(21-20-17)18-6-11-25-19(12-18)7-9-22(10-8-19)13-16-4-2-1-3-5-16/h1-5,14,18,24H,6-13,15H2. The summed E-state index contributed by atoms with van der Waals surface area (Å²) in [5.74, 6) is 0. The predicted octanol–water partition coefficient (Wildman–Crippen LogP) is 2.16. The number of hydrogen-bond acceptors (Lipinski definition) is 5. The first kappa shape index (κ1) is 16.7. The van der Waals surface area contributed by atoms with E-state index in [4.69, 9.17) is 4.74 Å². The lowest BCUT2D eigenvalue weighted by Gasteiger charge is -2.46. The van der Waals surface area contributed by atoms with Crippen LogP contribution in [0.5, 0.6) is 0 Å². The minimum Gasteiger partial charge on any atom is -0.390 e. The number of hydrogen-bond donors (Lipinski definition) is 1. The number of rotatable bonds is 4. The van der Waals surface area contributed by atoms with Gasteiger partial charge >= 0.3 is 0 Å². The molecule has 2 aromatic rings. The third-order valence-electron chi connectivity index (χ3n) is 5.58. The highest BCUT2D eigenvalue weighted by Gasteiger charge is 2.41. The molecule has 3 heterocycles. The molecule has 1 atom stereocenters. The second-order valence-corrected chi connectivity index (χ2v) is 7.29. The molecule has 1 unspecified atom stereocenters. The van der Waals surface area contributed by atoms with E-state index < -0.39 is 0 Å². The lowest BCUT2D eigenvalue weighted by atomic mass is 9.82. The minimum atomic E-state index is -0.0528. The Morgan fingerprint density at radius 2 is 2.00 bits per heavy atom. The van der Waals surface area contributed by atoms with Crippen LogP contribution in [0.2, 0.25) is 0 Å². The number of ether oxygens (including phenoxy) is 1. The summed E-state index contributed by atoms with van der Waals surface area (Å²) in [5, 5.41) is 17.4. The van der Waals surface area contributed by atoms with Crippen molar-refractivity contribution in [2.75, 3.05) is 19.7 Å². The Morgan fingerprint density at radius 3 is 2.72 bits per heavy atom. The van der Waals surface area contributed by atoms with E-state index in [1.807, 2.05) is 10.9 Å².